The molecule has 0 saturated carbocycles. The van der Waals surface area contributed by atoms with Crippen LogP contribution in [0.1, 0.15) is 21.6 Å². The van der Waals surface area contributed by atoms with Crippen molar-refractivity contribution < 1.29 is 13.6 Å². The van der Waals surface area contributed by atoms with Gasteiger partial charge in [-0.3, -0.25) is 9.78 Å². The molecule has 0 atom stereocenters. The second-order valence-electron chi connectivity index (χ2n) is 6.46. The number of hydrogen-bond acceptors (Lipinski definition) is 4. The average Bonchev–Trinajstić information content (AvgIpc) is 3.31. The average molecular weight is 410 g/mol. The van der Waals surface area contributed by atoms with Gasteiger partial charge in [-0.25, -0.2) is 13.8 Å². The van der Waals surface area contributed by atoms with Gasteiger partial charge in [-0.05, 0) is 37.3 Å². The van der Waals surface area contributed by atoms with Crippen LogP contribution >= 0.6 is 11.3 Å². The zero-order valence-electron chi connectivity index (χ0n) is 15.4. The maximum absolute atomic E-state index is 14.2. The fourth-order valence-corrected chi connectivity index (χ4v) is 3.97. The van der Waals surface area contributed by atoms with Gasteiger partial charge in [0.1, 0.15) is 16.6 Å². The van der Waals surface area contributed by atoms with Crippen molar-refractivity contribution in [2.45, 2.75) is 13.5 Å². The number of hydrogen-bond donors (Lipinski definition) is 1. The highest BCUT2D eigenvalue weighted by Gasteiger charge is 2.21. The second-order valence-corrected chi connectivity index (χ2v) is 7.32. The zero-order valence-corrected chi connectivity index (χ0v) is 16.2. The minimum absolute atomic E-state index is 0.0906. The Morgan fingerprint density at radius 3 is 2.62 bits per heavy atom. The molecule has 1 amide bonds. The first-order valence-electron chi connectivity index (χ1n) is 8.75. The maximum atomic E-state index is 14.2. The van der Waals surface area contributed by atoms with Crippen LogP contribution in [0.5, 0.6) is 0 Å². The van der Waals surface area contributed by atoms with Crippen molar-refractivity contribution in [3.63, 3.8) is 0 Å². The molecule has 5 nitrogen and oxygen atoms in total. The molecule has 29 heavy (non-hydrogen) atoms. The maximum Gasteiger partial charge on any atom is 0.250 e. The largest absolute Gasteiger partial charge is 0.366 e. The lowest BCUT2D eigenvalue weighted by Gasteiger charge is -2.12. The predicted octanol–water partition coefficient (Wildman–Crippen LogP) is 4.41. The summed E-state index contributed by atoms with van der Waals surface area (Å²) >= 11 is 1.41. The monoisotopic (exact) mass is 410 g/mol. The van der Waals surface area contributed by atoms with E-state index in [1.165, 1.54) is 29.5 Å². The Balaban J connectivity index is 1.83. The summed E-state index contributed by atoms with van der Waals surface area (Å²) in [5.41, 5.74) is 8.21. The van der Waals surface area contributed by atoms with E-state index in [0.29, 0.717) is 17.1 Å². The molecule has 4 aromatic rings. The summed E-state index contributed by atoms with van der Waals surface area (Å²) in [5.74, 6) is -1.92. The molecule has 4 rings (SSSR count). The number of halogens is 2. The van der Waals surface area contributed by atoms with Crippen molar-refractivity contribution in [1.29, 1.82) is 0 Å². The van der Waals surface area contributed by atoms with E-state index in [2.05, 4.69) is 9.97 Å². The molecule has 0 radical (unpaired) electrons. The van der Waals surface area contributed by atoms with Gasteiger partial charge in [-0.1, -0.05) is 6.07 Å². The molecule has 0 unspecified atom stereocenters. The molecule has 0 spiro atoms. The first kappa shape index (κ1) is 18.9. The first-order chi connectivity index (χ1) is 14.0. The van der Waals surface area contributed by atoms with Gasteiger partial charge >= 0.3 is 0 Å². The Bertz CT molecular complexity index is 1180. The van der Waals surface area contributed by atoms with E-state index in [9.17, 15) is 13.6 Å². The standard InChI is InChI=1S/C21H16F2N4OS/c1-12-14(20(24)28)8-19(27(12)10-15-16(22)5-2-6-17(15)23)18-11-29-21(26-18)13-4-3-7-25-9-13/h2-9,11H,10H2,1H3,(H2,24,28). The molecule has 3 heterocycles. The third-order valence-corrected chi connectivity index (χ3v) is 5.58. The Morgan fingerprint density at radius 1 is 1.21 bits per heavy atom. The van der Waals surface area contributed by atoms with Crippen LogP contribution in [0.2, 0.25) is 0 Å². The van der Waals surface area contributed by atoms with Crippen molar-refractivity contribution >= 4 is 17.2 Å². The summed E-state index contributed by atoms with van der Waals surface area (Å²) in [4.78, 5) is 20.6. The van der Waals surface area contributed by atoms with E-state index in [-0.39, 0.29) is 17.7 Å². The van der Waals surface area contributed by atoms with Crippen LogP contribution in [-0.2, 0) is 6.54 Å². The molecule has 1 aromatic carbocycles. The fourth-order valence-electron chi connectivity index (χ4n) is 3.17. The summed E-state index contributed by atoms with van der Waals surface area (Å²) in [6, 6.07) is 9.04. The van der Waals surface area contributed by atoms with Gasteiger partial charge in [0.25, 0.3) is 5.91 Å². The van der Waals surface area contributed by atoms with Crippen LogP contribution in [0.4, 0.5) is 8.78 Å². The molecular formula is C21H16F2N4OS. The third-order valence-electron chi connectivity index (χ3n) is 4.68. The molecule has 0 aliphatic rings. The Morgan fingerprint density at radius 2 is 1.97 bits per heavy atom. The molecule has 0 aliphatic carbocycles. The van der Waals surface area contributed by atoms with Crippen LogP contribution in [0.25, 0.3) is 22.0 Å². The van der Waals surface area contributed by atoms with Gasteiger partial charge in [0, 0.05) is 34.6 Å². The van der Waals surface area contributed by atoms with Crippen LogP contribution in [0.15, 0.2) is 54.2 Å². The van der Waals surface area contributed by atoms with Gasteiger partial charge in [-0.2, -0.15) is 0 Å². The van der Waals surface area contributed by atoms with Crippen molar-refractivity contribution in [2.24, 2.45) is 5.73 Å². The SMILES string of the molecule is Cc1c(C(N)=O)cc(-c2csc(-c3cccnc3)n2)n1Cc1c(F)cccc1F. The lowest BCUT2D eigenvalue weighted by molar-refractivity contribution is 0.0999. The number of primary amides is 1. The van der Waals surface area contributed by atoms with E-state index >= 15 is 0 Å². The van der Waals surface area contributed by atoms with E-state index in [1.54, 1.807) is 30.0 Å². The van der Waals surface area contributed by atoms with E-state index < -0.39 is 17.5 Å². The quantitative estimate of drug-likeness (QED) is 0.530. The van der Waals surface area contributed by atoms with Gasteiger partial charge < -0.3 is 10.3 Å². The first-order valence-corrected chi connectivity index (χ1v) is 9.62. The molecule has 146 valence electrons. The molecule has 8 heteroatoms. The highest BCUT2D eigenvalue weighted by Crippen LogP contribution is 2.32. The zero-order chi connectivity index (χ0) is 20.5. The highest BCUT2D eigenvalue weighted by atomic mass is 32.1. The van der Waals surface area contributed by atoms with Crippen LogP contribution in [0.3, 0.4) is 0 Å². The third kappa shape index (κ3) is 3.54. The number of thiazole rings is 1. The van der Waals surface area contributed by atoms with E-state index in [4.69, 9.17) is 5.73 Å². The number of aromatic nitrogens is 3. The number of rotatable bonds is 5. The van der Waals surface area contributed by atoms with Gasteiger partial charge in [0.2, 0.25) is 0 Å². The summed E-state index contributed by atoms with van der Waals surface area (Å²) in [6.45, 7) is 1.60. The van der Waals surface area contributed by atoms with Crippen molar-refractivity contribution in [2.75, 3.05) is 0 Å². The number of nitrogens with zero attached hydrogens (tertiary/aromatic N) is 3. The number of amides is 1. The minimum atomic E-state index is -0.654. The molecule has 0 fully saturated rings. The van der Waals surface area contributed by atoms with Crippen molar-refractivity contribution in [3.8, 4) is 22.0 Å². The van der Waals surface area contributed by atoms with Crippen molar-refractivity contribution in [1.82, 2.24) is 14.5 Å². The smallest absolute Gasteiger partial charge is 0.250 e. The molecule has 2 N–H and O–H groups in total. The highest BCUT2D eigenvalue weighted by molar-refractivity contribution is 7.13. The van der Waals surface area contributed by atoms with E-state index in [1.807, 2.05) is 17.5 Å². The molecule has 0 saturated heterocycles. The van der Waals surface area contributed by atoms with Crippen LogP contribution in [0, 0.1) is 18.6 Å². The minimum Gasteiger partial charge on any atom is -0.366 e. The number of carbonyl (C=O) groups is 1. The van der Waals surface area contributed by atoms with E-state index in [0.717, 1.165) is 10.6 Å². The Hall–Kier alpha value is -3.39. The summed E-state index contributed by atoms with van der Waals surface area (Å²) in [6.07, 6.45) is 3.38. The number of carbonyl (C=O) groups excluding carboxylic acids is 1. The number of pyridine rings is 1. The summed E-state index contributed by atoms with van der Waals surface area (Å²) < 4.78 is 30.1. The lowest BCUT2D eigenvalue weighted by atomic mass is 10.2. The number of nitrogens with two attached hydrogens (primary N) is 1. The molecule has 0 aliphatic heterocycles. The van der Waals surface area contributed by atoms with Gasteiger partial charge in [0.05, 0.1) is 23.5 Å². The normalized spacial score (nSPS) is 11.0. The van der Waals surface area contributed by atoms with Gasteiger partial charge in [0.15, 0.2) is 0 Å². The summed E-state index contributed by atoms with van der Waals surface area (Å²) in [5, 5.41) is 2.58. The predicted molar refractivity (Wildman–Crippen MR) is 107 cm³/mol. The number of benzene rings is 1. The fraction of sp³-hybridized carbons (Fsp3) is 0.0952. The van der Waals surface area contributed by atoms with Gasteiger partial charge in [-0.15, -0.1) is 11.3 Å². The topological polar surface area (TPSA) is 73.8 Å². The Labute approximate surface area is 169 Å². The van der Waals surface area contributed by atoms with Crippen molar-refractivity contribution in [3.05, 3.63) is 82.6 Å². The molecule has 0 bridgehead atoms. The molecular weight excluding hydrogens is 394 g/mol. The Kier molecular flexibility index (Phi) is 4.94. The molecule has 3 aromatic heterocycles. The van der Waals surface area contributed by atoms with Crippen LogP contribution in [-0.4, -0.2) is 20.4 Å². The summed E-state index contributed by atoms with van der Waals surface area (Å²) in [7, 11) is 0. The second kappa shape index (κ2) is 7.56. The lowest BCUT2D eigenvalue weighted by Crippen LogP contribution is -2.13. The van der Waals surface area contributed by atoms with Crippen LogP contribution < -0.4 is 5.73 Å².